The molecule has 0 aliphatic carbocycles. The minimum absolute atomic E-state index is 0. The van der Waals surface area contributed by atoms with Crippen LogP contribution in [0.1, 0.15) is 31.4 Å². The number of hydrogen-bond acceptors (Lipinski definition) is 2. The van der Waals surface area contributed by atoms with Gasteiger partial charge in [0, 0.05) is 19.1 Å². The number of alkyl halides is 3. The van der Waals surface area contributed by atoms with Crippen molar-refractivity contribution in [3.05, 3.63) is 35.4 Å². The van der Waals surface area contributed by atoms with Gasteiger partial charge in [-0.15, -0.1) is 12.4 Å². The molecular formula is C15H20ClF3N2O. The predicted molar refractivity (Wildman–Crippen MR) is 80.9 cm³/mol. The first kappa shape index (κ1) is 18.8. The van der Waals surface area contributed by atoms with Gasteiger partial charge in [-0.2, -0.15) is 13.2 Å². The monoisotopic (exact) mass is 336 g/mol. The highest BCUT2D eigenvalue weighted by Gasteiger charge is 2.38. The quantitative estimate of drug-likeness (QED) is 0.902. The summed E-state index contributed by atoms with van der Waals surface area (Å²) >= 11 is 0. The molecular weight excluding hydrogens is 317 g/mol. The molecule has 0 aromatic heterocycles. The van der Waals surface area contributed by atoms with E-state index in [-0.39, 0.29) is 24.4 Å². The average Bonchev–Trinajstić information content (AvgIpc) is 2.83. The Labute approximate surface area is 134 Å². The van der Waals surface area contributed by atoms with Gasteiger partial charge < -0.3 is 10.6 Å². The third kappa shape index (κ3) is 3.73. The molecule has 1 aromatic carbocycles. The van der Waals surface area contributed by atoms with E-state index >= 15 is 0 Å². The van der Waals surface area contributed by atoms with Gasteiger partial charge in [0.15, 0.2) is 0 Å². The van der Waals surface area contributed by atoms with E-state index in [1.807, 2.05) is 0 Å². The average molecular weight is 337 g/mol. The van der Waals surface area contributed by atoms with Gasteiger partial charge >= 0.3 is 6.18 Å². The summed E-state index contributed by atoms with van der Waals surface area (Å²) in [6.45, 7) is 4.31. The van der Waals surface area contributed by atoms with Gasteiger partial charge in [-0.25, -0.2) is 0 Å². The molecule has 1 aliphatic heterocycles. The summed E-state index contributed by atoms with van der Waals surface area (Å²) in [5, 5.41) is 0. The lowest BCUT2D eigenvalue weighted by Gasteiger charge is -2.30. The number of benzene rings is 1. The lowest BCUT2D eigenvalue weighted by molar-refractivity contribution is -0.138. The Balaban J connectivity index is 0.00000242. The molecule has 0 unspecified atom stereocenters. The maximum atomic E-state index is 12.8. The van der Waals surface area contributed by atoms with Crippen LogP contribution in [-0.4, -0.2) is 29.9 Å². The molecule has 1 aromatic rings. The first-order chi connectivity index (χ1) is 9.62. The van der Waals surface area contributed by atoms with E-state index in [1.54, 1.807) is 24.8 Å². The Bertz CT molecular complexity index is 546. The van der Waals surface area contributed by atoms with Crippen LogP contribution in [0.3, 0.4) is 0 Å². The minimum Gasteiger partial charge on any atom is -0.340 e. The van der Waals surface area contributed by atoms with Gasteiger partial charge in [-0.3, -0.25) is 4.79 Å². The number of hydrogen-bond donors (Lipinski definition) is 1. The van der Waals surface area contributed by atoms with Crippen LogP contribution in [-0.2, 0) is 16.4 Å². The Morgan fingerprint density at radius 1 is 1.27 bits per heavy atom. The van der Waals surface area contributed by atoms with Crippen molar-refractivity contribution in [2.24, 2.45) is 5.73 Å². The van der Waals surface area contributed by atoms with Crippen molar-refractivity contribution >= 4 is 18.3 Å². The fourth-order valence-electron chi connectivity index (χ4n) is 2.57. The number of likely N-dealkylation sites (tertiary alicyclic amines) is 1. The van der Waals surface area contributed by atoms with Crippen molar-refractivity contribution < 1.29 is 18.0 Å². The topological polar surface area (TPSA) is 46.3 Å². The minimum atomic E-state index is -4.41. The van der Waals surface area contributed by atoms with Gasteiger partial charge in [0.25, 0.3) is 0 Å². The highest BCUT2D eigenvalue weighted by atomic mass is 35.5. The summed E-state index contributed by atoms with van der Waals surface area (Å²) < 4.78 is 38.4. The summed E-state index contributed by atoms with van der Waals surface area (Å²) in [4.78, 5) is 14.2. The van der Waals surface area contributed by atoms with Crippen molar-refractivity contribution in [3.63, 3.8) is 0 Å². The number of nitrogens with two attached hydrogens (primary N) is 1. The van der Waals surface area contributed by atoms with Crippen LogP contribution in [0.15, 0.2) is 24.3 Å². The van der Waals surface area contributed by atoms with Crippen molar-refractivity contribution in [1.29, 1.82) is 0 Å². The van der Waals surface area contributed by atoms with Crippen molar-refractivity contribution in [1.82, 2.24) is 4.90 Å². The molecule has 2 rings (SSSR count). The molecule has 124 valence electrons. The van der Waals surface area contributed by atoms with Crippen LogP contribution in [0.25, 0.3) is 0 Å². The van der Waals surface area contributed by atoms with Gasteiger partial charge in [0.05, 0.1) is 11.0 Å². The van der Waals surface area contributed by atoms with Crippen molar-refractivity contribution in [2.75, 3.05) is 13.1 Å². The zero-order valence-electron chi connectivity index (χ0n) is 12.5. The van der Waals surface area contributed by atoms with Crippen LogP contribution >= 0.6 is 12.4 Å². The zero-order chi connectivity index (χ0) is 15.8. The van der Waals surface area contributed by atoms with Crippen LogP contribution in [0.4, 0.5) is 13.2 Å². The third-order valence-corrected chi connectivity index (χ3v) is 3.96. The number of rotatable bonds is 2. The Kier molecular flexibility index (Phi) is 5.51. The maximum absolute atomic E-state index is 12.8. The summed E-state index contributed by atoms with van der Waals surface area (Å²) in [7, 11) is 0. The molecule has 0 radical (unpaired) electrons. The summed E-state index contributed by atoms with van der Waals surface area (Å²) in [5.74, 6) is -0.185. The van der Waals surface area contributed by atoms with E-state index in [0.717, 1.165) is 18.6 Å². The molecule has 1 amide bonds. The fraction of sp³-hybridized carbons (Fsp3) is 0.533. The molecule has 3 nitrogen and oxygen atoms in total. The van der Waals surface area contributed by atoms with E-state index in [0.29, 0.717) is 18.7 Å². The Hall–Kier alpha value is -1.27. The maximum Gasteiger partial charge on any atom is 0.416 e. The summed E-state index contributed by atoms with van der Waals surface area (Å²) in [6, 6.07) is 4.90. The Morgan fingerprint density at radius 3 is 2.36 bits per heavy atom. The second-order valence-corrected chi connectivity index (χ2v) is 6.00. The normalized spacial score (nSPS) is 19.0. The highest BCUT2D eigenvalue weighted by molar-refractivity contribution is 5.87. The molecule has 1 aliphatic rings. The first-order valence-corrected chi connectivity index (χ1v) is 6.85. The molecule has 1 saturated heterocycles. The number of nitrogens with zero attached hydrogens (tertiary/aromatic N) is 1. The van der Waals surface area contributed by atoms with E-state index in [9.17, 15) is 18.0 Å². The third-order valence-electron chi connectivity index (χ3n) is 3.96. The molecule has 22 heavy (non-hydrogen) atoms. The lowest BCUT2D eigenvalue weighted by atomic mass is 9.82. The first-order valence-electron chi connectivity index (χ1n) is 6.85. The standard InChI is InChI=1S/C15H19F3N2O.ClH/c1-14(2,13(21)20-7-6-12(19)9-20)10-4-3-5-11(8-10)15(16,17)18;/h3-5,8,12H,6-7,9,19H2,1-2H3;1H/t12-;/m1./s1. The molecule has 7 heteroatoms. The number of amides is 1. The number of carbonyl (C=O) groups is 1. The van der Waals surface area contributed by atoms with Crippen molar-refractivity contribution in [3.8, 4) is 0 Å². The van der Waals surface area contributed by atoms with Crippen LogP contribution in [0.2, 0.25) is 0 Å². The molecule has 1 fully saturated rings. The zero-order valence-corrected chi connectivity index (χ0v) is 13.3. The molecule has 0 saturated carbocycles. The van der Waals surface area contributed by atoms with Crippen LogP contribution in [0.5, 0.6) is 0 Å². The van der Waals surface area contributed by atoms with Gasteiger partial charge in [0.2, 0.25) is 5.91 Å². The van der Waals surface area contributed by atoms with Gasteiger partial charge in [0.1, 0.15) is 0 Å². The van der Waals surface area contributed by atoms with E-state index in [2.05, 4.69) is 0 Å². The van der Waals surface area contributed by atoms with E-state index in [4.69, 9.17) is 5.73 Å². The van der Waals surface area contributed by atoms with Crippen LogP contribution < -0.4 is 5.73 Å². The van der Waals surface area contributed by atoms with Gasteiger partial charge in [-0.05, 0) is 31.9 Å². The summed E-state index contributed by atoms with van der Waals surface area (Å²) in [6.07, 6.45) is -3.68. The Morgan fingerprint density at radius 2 is 1.86 bits per heavy atom. The highest BCUT2D eigenvalue weighted by Crippen LogP contribution is 2.34. The number of carbonyl (C=O) groups excluding carboxylic acids is 1. The van der Waals surface area contributed by atoms with E-state index < -0.39 is 17.2 Å². The second kappa shape index (κ2) is 6.46. The predicted octanol–water partition coefficient (Wildman–Crippen LogP) is 2.96. The molecule has 0 spiro atoms. The summed E-state index contributed by atoms with van der Waals surface area (Å²) in [5.41, 5.74) is 4.40. The molecule has 1 heterocycles. The fourth-order valence-corrected chi connectivity index (χ4v) is 2.57. The SMILES string of the molecule is CC(C)(C(=O)N1CC[C@@H](N)C1)c1cccc(C(F)(F)F)c1.Cl. The largest absolute Gasteiger partial charge is 0.416 e. The molecule has 1 atom stereocenters. The van der Waals surface area contributed by atoms with Gasteiger partial charge in [-0.1, -0.05) is 18.2 Å². The second-order valence-electron chi connectivity index (χ2n) is 6.00. The van der Waals surface area contributed by atoms with Crippen molar-refractivity contribution in [2.45, 2.75) is 37.9 Å². The molecule has 2 N–H and O–H groups in total. The van der Waals surface area contributed by atoms with E-state index in [1.165, 1.54) is 6.07 Å². The molecule has 0 bridgehead atoms. The smallest absolute Gasteiger partial charge is 0.340 e. The number of halogens is 4. The van der Waals surface area contributed by atoms with Crippen LogP contribution in [0, 0.1) is 0 Å². The lowest BCUT2D eigenvalue weighted by Crippen LogP contribution is -2.43.